The van der Waals surface area contributed by atoms with Crippen LogP contribution in [0.25, 0.3) is 0 Å². The van der Waals surface area contributed by atoms with Gasteiger partial charge in [0.2, 0.25) is 0 Å². The Morgan fingerprint density at radius 2 is 1.90 bits per heavy atom. The molecule has 0 saturated heterocycles. The van der Waals surface area contributed by atoms with E-state index in [0.29, 0.717) is 25.5 Å². The topological polar surface area (TPSA) is 102 Å². The van der Waals surface area contributed by atoms with Crippen LogP contribution in [0.4, 0.5) is 5.69 Å². The number of amidine groups is 1. The standard InChI is InChI=1S/C12H14N4O4/c17-15(18)9-12-13-6-1-7-14(12)8-10-2-4-11(5-3-10)16(19)20/h2-5H,1,6-9H2. The molecule has 1 aliphatic heterocycles. The maximum Gasteiger partial charge on any atom is 0.269 e. The molecular weight excluding hydrogens is 264 g/mol. The third-order valence-corrected chi connectivity index (χ3v) is 3.04. The lowest BCUT2D eigenvalue weighted by molar-refractivity contribution is -0.464. The summed E-state index contributed by atoms with van der Waals surface area (Å²) in [7, 11) is 0. The van der Waals surface area contributed by atoms with Crippen LogP contribution >= 0.6 is 0 Å². The molecule has 20 heavy (non-hydrogen) atoms. The Kier molecular flexibility index (Phi) is 4.24. The van der Waals surface area contributed by atoms with Crippen LogP contribution in [-0.4, -0.2) is 40.2 Å². The lowest BCUT2D eigenvalue weighted by atomic mass is 10.1. The number of aliphatic imine (C=N–C) groups is 1. The van der Waals surface area contributed by atoms with Crippen LogP contribution in [0.15, 0.2) is 29.3 Å². The summed E-state index contributed by atoms with van der Waals surface area (Å²) in [6, 6.07) is 6.19. The van der Waals surface area contributed by atoms with Crippen molar-refractivity contribution in [1.82, 2.24) is 4.90 Å². The second-order valence-electron chi connectivity index (χ2n) is 4.49. The molecule has 0 N–H and O–H groups in total. The normalized spacial score (nSPS) is 14.8. The van der Waals surface area contributed by atoms with Crippen LogP contribution in [-0.2, 0) is 6.54 Å². The molecule has 8 heteroatoms. The Morgan fingerprint density at radius 1 is 1.20 bits per heavy atom. The summed E-state index contributed by atoms with van der Waals surface area (Å²) >= 11 is 0. The molecule has 0 bridgehead atoms. The van der Waals surface area contributed by atoms with Gasteiger partial charge in [0, 0.05) is 36.7 Å². The molecule has 106 valence electrons. The summed E-state index contributed by atoms with van der Waals surface area (Å²) < 4.78 is 0. The van der Waals surface area contributed by atoms with Gasteiger partial charge < -0.3 is 4.90 Å². The van der Waals surface area contributed by atoms with E-state index in [4.69, 9.17) is 0 Å². The largest absolute Gasteiger partial charge is 0.350 e. The number of hydrogen-bond acceptors (Lipinski definition) is 6. The first kappa shape index (κ1) is 13.9. The van der Waals surface area contributed by atoms with Crippen LogP contribution in [0.2, 0.25) is 0 Å². The predicted molar refractivity (Wildman–Crippen MR) is 72.3 cm³/mol. The first-order chi connectivity index (χ1) is 9.56. The summed E-state index contributed by atoms with van der Waals surface area (Å²) in [6.07, 6.45) is 0.855. The van der Waals surface area contributed by atoms with Gasteiger partial charge >= 0.3 is 0 Å². The zero-order valence-electron chi connectivity index (χ0n) is 10.8. The molecule has 0 saturated carbocycles. The molecule has 1 aliphatic rings. The van der Waals surface area contributed by atoms with Crippen LogP contribution in [0.5, 0.6) is 0 Å². The molecule has 0 amide bonds. The van der Waals surface area contributed by atoms with Gasteiger partial charge in [-0.2, -0.15) is 0 Å². The van der Waals surface area contributed by atoms with E-state index in [1.165, 1.54) is 12.1 Å². The van der Waals surface area contributed by atoms with Gasteiger partial charge in [0.15, 0.2) is 5.84 Å². The quantitative estimate of drug-likeness (QED) is 0.599. The van der Waals surface area contributed by atoms with Crippen molar-refractivity contribution in [2.24, 2.45) is 4.99 Å². The molecule has 0 atom stereocenters. The fraction of sp³-hybridized carbons (Fsp3) is 0.417. The third-order valence-electron chi connectivity index (χ3n) is 3.04. The number of nitro benzene ring substituents is 1. The van der Waals surface area contributed by atoms with Crippen molar-refractivity contribution in [1.29, 1.82) is 0 Å². The summed E-state index contributed by atoms with van der Waals surface area (Å²) in [4.78, 5) is 26.4. The highest BCUT2D eigenvalue weighted by molar-refractivity contribution is 5.83. The minimum Gasteiger partial charge on any atom is -0.350 e. The van der Waals surface area contributed by atoms with Gasteiger partial charge in [0.25, 0.3) is 12.2 Å². The maximum absolute atomic E-state index is 10.6. The first-order valence-corrected chi connectivity index (χ1v) is 6.19. The number of nitro groups is 2. The van der Waals surface area contributed by atoms with Gasteiger partial charge in [-0.05, 0) is 12.0 Å². The Hall–Kier alpha value is -2.51. The van der Waals surface area contributed by atoms with Gasteiger partial charge in [0.05, 0.1) is 4.92 Å². The number of benzene rings is 1. The van der Waals surface area contributed by atoms with E-state index in [1.54, 1.807) is 12.1 Å². The Morgan fingerprint density at radius 3 is 2.50 bits per heavy atom. The number of nitrogens with zero attached hydrogens (tertiary/aromatic N) is 4. The molecule has 0 unspecified atom stereocenters. The average Bonchev–Trinajstić information content (AvgIpc) is 2.41. The Balaban J connectivity index is 2.07. The van der Waals surface area contributed by atoms with Crippen molar-refractivity contribution in [2.75, 3.05) is 19.6 Å². The number of hydrogen-bond donors (Lipinski definition) is 0. The summed E-state index contributed by atoms with van der Waals surface area (Å²) in [5.41, 5.74) is 0.903. The van der Waals surface area contributed by atoms with Crippen molar-refractivity contribution >= 4 is 11.5 Å². The van der Waals surface area contributed by atoms with Crippen LogP contribution in [0, 0.1) is 20.2 Å². The summed E-state index contributed by atoms with van der Waals surface area (Å²) in [5.74, 6) is 0.472. The van der Waals surface area contributed by atoms with Gasteiger partial charge in [-0.1, -0.05) is 12.1 Å². The van der Waals surface area contributed by atoms with Gasteiger partial charge in [-0.3, -0.25) is 25.2 Å². The van der Waals surface area contributed by atoms with E-state index in [-0.39, 0.29) is 12.2 Å². The molecule has 2 rings (SSSR count). The maximum atomic E-state index is 10.6. The van der Waals surface area contributed by atoms with Gasteiger partial charge in [0.1, 0.15) is 0 Å². The SMILES string of the molecule is O=[N+]([O-])CC1=NCCCN1Cc1ccc([N+](=O)[O-])cc1. The van der Waals surface area contributed by atoms with Crippen LogP contribution < -0.4 is 0 Å². The van der Waals surface area contributed by atoms with Crippen molar-refractivity contribution in [2.45, 2.75) is 13.0 Å². The molecule has 0 aliphatic carbocycles. The van der Waals surface area contributed by atoms with E-state index in [2.05, 4.69) is 4.99 Å². The van der Waals surface area contributed by atoms with E-state index < -0.39 is 9.85 Å². The zero-order chi connectivity index (χ0) is 14.5. The highest BCUT2D eigenvalue weighted by Gasteiger charge is 2.20. The lowest BCUT2D eigenvalue weighted by Crippen LogP contribution is -2.39. The van der Waals surface area contributed by atoms with Crippen molar-refractivity contribution in [3.8, 4) is 0 Å². The number of non-ortho nitro benzene ring substituents is 1. The molecule has 0 aromatic heterocycles. The summed E-state index contributed by atoms with van der Waals surface area (Å²) in [5, 5.41) is 21.2. The van der Waals surface area contributed by atoms with Crippen LogP contribution in [0.1, 0.15) is 12.0 Å². The molecule has 0 fully saturated rings. The molecule has 0 spiro atoms. The fourth-order valence-electron chi connectivity index (χ4n) is 2.08. The van der Waals surface area contributed by atoms with E-state index >= 15 is 0 Å². The molecule has 1 aromatic carbocycles. The predicted octanol–water partition coefficient (Wildman–Crippen LogP) is 1.48. The van der Waals surface area contributed by atoms with Gasteiger partial charge in [-0.25, -0.2) is 0 Å². The van der Waals surface area contributed by atoms with Crippen molar-refractivity contribution < 1.29 is 9.85 Å². The van der Waals surface area contributed by atoms with E-state index in [0.717, 1.165) is 12.0 Å². The highest BCUT2D eigenvalue weighted by Crippen LogP contribution is 2.15. The van der Waals surface area contributed by atoms with Crippen LogP contribution in [0.3, 0.4) is 0 Å². The van der Waals surface area contributed by atoms with Gasteiger partial charge in [-0.15, -0.1) is 0 Å². The molecule has 1 aromatic rings. The first-order valence-electron chi connectivity index (χ1n) is 6.19. The minimum atomic E-state index is -0.454. The lowest BCUT2D eigenvalue weighted by Gasteiger charge is -2.27. The smallest absolute Gasteiger partial charge is 0.269 e. The molecule has 8 nitrogen and oxygen atoms in total. The monoisotopic (exact) mass is 278 g/mol. The molecular formula is C12H14N4O4. The highest BCUT2D eigenvalue weighted by atomic mass is 16.6. The second-order valence-corrected chi connectivity index (χ2v) is 4.49. The number of rotatable bonds is 5. The second kappa shape index (κ2) is 6.09. The third kappa shape index (κ3) is 3.50. The fourth-order valence-corrected chi connectivity index (χ4v) is 2.08. The Bertz CT molecular complexity index is 541. The zero-order valence-corrected chi connectivity index (χ0v) is 10.8. The van der Waals surface area contributed by atoms with Crippen molar-refractivity contribution in [3.05, 3.63) is 50.1 Å². The molecule has 1 heterocycles. The average molecular weight is 278 g/mol. The Labute approximate surface area is 115 Å². The summed E-state index contributed by atoms with van der Waals surface area (Å²) in [6.45, 7) is 1.52. The van der Waals surface area contributed by atoms with Crippen molar-refractivity contribution in [3.63, 3.8) is 0 Å². The van der Waals surface area contributed by atoms with E-state index in [9.17, 15) is 20.2 Å². The minimum absolute atomic E-state index is 0.0339. The van der Waals surface area contributed by atoms with E-state index in [1.807, 2.05) is 4.90 Å². The molecule has 0 radical (unpaired) electrons.